The van der Waals surface area contributed by atoms with E-state index in [4.69, 9.17) is 4.74 Å². The largest absolute Gasteiger partial charge is 0.379 e. The van der Waals surface area contributed by atoms with Crippen molar-refractivity contribution in [2.75, 3.05) is 19.8 Å². The van der Waals surface area contributed by atoms with Gasteiger partial charge < -0.3 is 15.4 Å². The number of carbonyl (C=O) groups is 1. The molecule has 1 saturated heterocycles. The maximum Gasteiger partial charge on any atom is 0.227 e. The molecule has 1 aliphatic carbocycles. The highest BCUT2D eigenvalue weighted by Crippen LogP contribution is 2.19. The molecule has 2 unspecified atom stereocenters. The third-order valence-electron chi connectivity index (χ3n) is 4.34. The van der Waals surface area contributed by atoms with Gasteiger partial charge in [0, 0.05) is 12.1 Å². The summed E-state index contributed by atoms with van der Waals surface area (Å²) in [5.41, 5.74) is 0. The van der Waals surface area contributed by atoms with Gasteiger partial charge in [-0.15, -0.1) is 0 Å². The van der Waals surface area contributed by atoms with Crippen LogP contribution in [-0.2, 0) is 9.53 Å². The first-order valence-electron chi connectivity index (χ1n) is 7.92. The average molecular weight is 268 g/mol. The zero-order valence-corrected chi connectivity index (χ0v) is 12.1. The Morgan fingerprint density at radius 1 is 1.11 bits per heavy atom. The highest BCUT2D eigenvalue weighted by molar-refractivity contribution is 5.80. The van der Waals surface area contributed by atoms with E-state index in [0.717, 1.165) is 19.4 Å². The van der Waals surface area contributed by atoms with Crippen LogP contribution < -0.4 is 10.6 Å². The van der Waals surface area contributed by atoms with Crippen molar-refractivity contribution in [2.45, 2.75) is 64.0 Å². The zero-order chi connectivity index (χ0) is 13.5. The van der Waals surface area contributed by atoms with E-state index in [-0.39, 0.29) is 17.9 Å². The van der Waals surface area contributed by atoms with Crippen molar-refractivity contribution in [1.29, 1.82) is 0 Å². The Kier molecular flexibility index (Phi) is 6.11. The first-order valence-corrected chi connectivity index (χ1v) is 7.92. The summed E-state index contributed by atoms with van der Waals surface area (Å²) in [4.78, 5) is 12.4. The fourth-order valence-corrected chi connectivity index (χ4v) is 3.18. The van der Waals surface area contributed by atoms with Crippen LogP contribution in [0, 0.1) is 5.92 Å². The van der Waals surface area contributed by atoms with E-state index in [1.807, 2.05) is 0 Å². The molecule has 19 heavy (non-hydrogen) atoms. The molecule has 1 amide bonds. The van der Waals surface area contributed by atoms with Crippen LogP contribution in [0.5, 0.6) is 0 Å². The fourth-order valence-electron chi connectivity index (χ4n) is 3.18. The Morgan fingerprint density at radius 3 is 2.47 bits per heavy atom. The third kappa shape index (κ3) is 4.46. The highest BCUT2D eigenvalue weighted by atomic mass is 16.5. The van der Waals surface area contributed by atoms with Gasteiger partial charge in [-0.1, -0.05) is 39.0 Å². The lowest BCUT2D eigenvalue weighted by molar-refractivity contribution is -0.126. The number of likely N-dealkylation sites (N-methyl/N-ethyl adjacent to an activating group) is 1. The first kappa shape index (κ1) is 14.8. The van der Waals surface area contributed by atoms with Crippen LogP contribution in [0.4, 0.5) is 0 Å². The van der Waals surface area contributed by atoms with Gasteiger partial charge in [-0.3, -0.25) is 4.79 Å². The van der Waals surface area contributed by atoms with Crippen LogP contribution in [0.15, 0.2) is 0 Å². The lowest BCUT2D eigenvalue weighted by Gasteiger charge is -2.24. The summed E-state index contributed by atoms with van der Waals surface area (Å²) in [7, 11) is 0. The molecule has 1 saturated carbocycles. The van der Waals surface area contributed by atoms with Crippen LogP contribution in [0.2, 0.25) is 0 Å². The van der Waals surface area contributed by atoms with E-state index in [1.165, 1.54) is 32.1 Å². The van der Waals surface area contributed by atoms with E-state index < -0.39 is 0 Å². The van der Waals surface area contributed by atoms with E-state index >= 15 is 0 Å². The Hall–Kier alpha value is -0.610. The monoisotopic (exact) mass is 268 g/mol. The van der Waals surface area contributed by atoms with E-state index in [9.17, 15) is 4.79 Å². The summed E-state index contributed by atoms with van der Waals surface area (Å²) < 4.78 is 5.45. The molecule has 0 aromatic rings. The van der Waals surface area contributed by atoms with Crippen molar-refractivity contribution < 1.29 is 9.53 Å². The van der Waals surface area contributed by atoms with Gasteiger partial charge in [-0.2, -0.15) is 0 Å². The number of nitrogens with one attached hydrogen (secondary N) is 2. The van der Waals surface area contributed by atoms with Crippen LogP contribution in [0.3, 0.4) is 0 Å². The van der Waals surface area contributed by atoms with Crippen molar-refractivity contribution in [3.05, 3.63) is 0 Å². The summed E-state index contributed by atoms with van der Waals surface area (Å²) in [6.45, 7) is 4.19. The Morgan fingerprint density at radius 2 is 1.79 bits per heavy atom. The summed E-state index contributed by atoms with van der Waals surface area (Å²) in [6.07, 6.45) is 8.79. The molecule has 2 fully saturated rings. The van der Waals surface area contributed by atoms with Crippen molar-refractivity contribution >= 4 is 5.91 Å². The first-order chi connectivity index (χ1) is 9.31. The standard InChI is InChI=1S/C15H28N2O2/c1-2-16-14-11-19-10-13(14)15(18)17-12-8-6-4-3-5-7-9-12/h12-14,16H,2-11H2,1H3,(H,17,18). The molecular formula is C15H28N2O2. The van der Waals surface area contributed by atoms with Gasteiger partial charge in [0.25, 0.3) is 0 Å². The molecule has 2 aliphatic rings. The minimum absolute atomic E-state index is 0.00890. The van der Waals surface area contributed by atoms with Gasteiger partial charge in [-0.25, -0.2) is 0 Å². The maximum atomic E-state index is 12.4. The van der Waals surface area contributed by atoms with Crippen LogP contribution in [-0.4, -0.2) is 37.7 Å². The smallest absolute Gasteiger partial charge is 0.227 e. The van der Waals surface area contributed by atoms with Crippen LogP contribution >= 0.6 is 0 Å². The van der Waals surface area contributed by atoms with Crippen molar-refractivity contribution in [2.24, 2.45) is 5.92 Å². The fraction of sp³-hybridized carbons (Fsp3) is 0.933. The molecule has 0 radical (unpaired) electrons. The minimum Gasteiger partial charge on any atom is -0.379 e. The van der Waals surface area contributed by atoms with E-state index in [2.05, 4.69) is 17.6 Å². The second-order valence-electron chi connectivity index (χ2n) is 5.86. The van der Waals surface area contributed by atoms with Crippen molar-refractivity contribution in [3.8, 4) is 0 Å². The van der Waals surface area contributed by atoms with Crippen LogP contribution in [0.1, 0.15) is 51.9 Å². The van der Waals surface area contributed by atoms with Gasteiger partial charge in [0.05, 0.1) is 19.1 Å². The van der Waals surface area contributed by atoms with Crippen LogP contribution in [0.25, 0.3) is 0 Å². The van der Waals surface area contributed by atoms with Gasteiger partial charge in [0.2, 0.25) is 5.91 Å². The zero-order valence-electron chi connectivity index (χ0n) is 12.1. The molecule has 0 aromatic heterocycles. The second kappa shape index (κ2) is 7.85. The third-order valence-corrected chi connectivity index (χ3v) is 4.34. The van der Waals surface area contributed by atoms with E-state index in [0.29, 0.717) is 19.3 Å². The second-order valence-corrected chi connectivity index (χ2v) is 5.86. The number of amides is 1. The summed E-state index contributed by atoms with van der Waals surface area (Å²) in [6, 6.07) is 0.578. The maximum absolute atomic E-state index is 12.4. The molecule has 4 heteroatoms. The van der Waals surface area contributed by atoms with Gasteiger partial charge >= 0.3 is 0 Å². The molecule has 0 spiro atoms. The molecule has 1 aliphatic heterocycles. The molecule has 0 aromatic carbocycles. The van der Waals surface area contributed by atoms with Gasteiger partial charge in [0.1, 0.15) is 0 Å². The topological polar surface area (TPSA) is 50.4 Å². The predicted octanol–water partition coefficient (Wildman–Crippen LogP) is 1.84. The highest BCUT2D eigenvalue weighted by Gasteiger charge is 2.34. The van der Waals surface area contributed by atoms with Gasteiger partial charge in [-0.05, 0) is 19.4 Å². The number of hydrogen-bond donors (Lipinski definition) is 2. The Bertz CT molecular complexity index is 275. The number of carbonyl (C=O) groups excluding carboxylic acids is 1. The summed E-state index contributed by atoms with van der Waals surface area (Å²) in [5.74, 6) is 0.180. The molecule has 110 valence electrons. The molecule has 2 rings (SSSR count). The van der Waals surface area contributed by atoms with E-state index in [1.54, 1.807) is 0 Å². The molecular weight excluding hydrogens is 240 g/mol. The SMILES string of the molecule is CCNC1COCC1C(=O)NC1CCCCCCC1. The number of hydrogen-bond acceptors (Lipinski definition) is 3. The number of ether oxygens (including phenoxy) is 1. The Labute approximate surface area is 116 Å². The van der Waals surface area contributed by atoms with Crippen molar-refractivity contribution in [1.82, 2.24) is 10.6 Å². The predicted molar refractivity (Wildman–Crippen MR) is 76.0 cm³/mol. The molecule has 4 nitrogen and oxygen atoms in total. The Balaban J connectivity index is 1.81. The normalized spacial score (nSPS) is 29.7. The van der Waals surface area contributed by atoms with Crippen molar-refractivity contribution in [3.63, 3.8) is 0 Å². The quantitative estimate of drug-likeness (QED) is 0.818. The molecule has 2 N–H and O–H groups in total. The lowest BCUT2D eigenvalue weighted by Crippen LogP contribution is -2.47. The molecule has 0 bridgehead atoms. The average Bonchev–Trinajstić information content (AvgIpc) is 2.81. The number of rotatable bonds is 4. The molecule has 1 heterocycles. The summed E-state index contributed by atoms with van der Waals surface area (Å²) in [5, 5.41) is 6.61. The van der Waals surface area contributed by atoms with Gasteiger partial charge in [0.15, 0.2) is 0 Å². The lowest BCUT2D eigenvalue weighted by atomic mass is 9.95. The summed E-state index contributed by atoms with van der Waals surface area (Å²) >= 11 is 0. The minimum atomic E-state index is -0.00890. The molecule has 2 atom stereocenters.